The van der Waals surface area contributed by atoms with Crippen molar-refractivity contribution in [3.8, 4) is 0 Å². The van der Waals surface area contributed by atoms with Gasteiger partial charge in [0, 0.05) is 20.0 Å². The van der Waals surface area contributed by atoms with Crippen molar-refractivity contribution >= 4 is 18.0 Å². The van der Waals surface area contributed by atoms with Gasteiger partial charge in [-0.15, -0.1) is 0 Å². The first-order valence-corrected chi connectivity index (χ1v) is 4.92. The van der Waals surface area contributed by atoms with Crippen molar-refractivity contribution in [2.24, 2.45) is 0 Å². The van der Waals surface area contributed by atoms with Crippen molar-refractivity contribution in [3.05, 3.63) is 0 Å². The van der Waals surface area contributed by atoms with Gasteiger partial charge in [0.25, 0.3) is 11.8 Å². The van der Waals surface area contributed by atoms with Crippen LogP contribution in [0.25, 0.3) is 0 Å². The highest BCUT2D eigenvalue weighted by molar-refractivity contribution is 6.01. The molecule has 1 N–H and O–H groups in total. The van der Waals surface area contributed by atoms with Gasteiger partial charge >= 0.3 is 6.16 Å². The Morgan fingerprint density at radius 1 is 1.41 bits per heavy atom. The van der Waals surface area contributed by atoms with Gasteiger partial charge in [-0.2, -0.15) is 0 Å². The van der Waals surface area contributed by atoms with Gasteiger partial charge in [-0.3, -0.25) is 14.4 Å². The van der Waals surface area contributed by atoms with E-state index in [1.165, 1.54) is 7.11 Å². The maximum Gasteiger partial charge on any atom is 0.534 e. The molecule has 17 heavy (non-hydrogen) atoms. The zero-order valence-electron chi connectivity index (χ0n) is 9.25. The molecule has 0 aromatic rings. The van der Waals surface area contributed by atoms with Crippen molar-refractivity contribution in [1.82, 2.24) is 5.06 Å². The maximum absolute atomic E-state index is 11.1. The first-order valence-electron chi connectivity index (χ1n) is 4.92. The van der Waals surface area contributed by atoms with Crippen molar-refractivity contribution < 1.29 is 33.8 Å². The molecule has 1 aliphatic rings. The fourth-order valence-electron chi connectivity index (χ4n) is 1.12. The summed E-state index contributed by atoms with van der Waals surface area (Å²) < 4.78 is 9.28. The quantitative estimate of drug-likeness (QED) is 0.501. The zero-order chi connectivity index (χ0) is 12.8. The van der Waals surface area contributed by atoms with E-state index in [9.17, 15) is 14.4 Å². The SMILES string of the molecule is CO[C@H](CO)COC(=O)ON1C(=O)CCC1=O. The summed E-state index contributed by atoms with van der Waals surface area (Å²) in [4.78, 5) is 37.7. The van der Waals surface area contributed by atoms with Gasteiger partial charge in [0.05, 0.1) is 6.61 Å². The molecule has 8 heteroatoms. The van der Waals surface area contributed by atoms with Gasteiger partial charge in [-0.1, -0.05) is 5.06 Å². The molecule has 1 rings (SSSR count). The summed E-state index contributed by atoms with van der Waals surface area (Å²) in [6.07, 6.45) is -1.83. The number of aliphatic hydroxyl groups excluding tert-OH is 1. The predicted molar refractivity (Wildman–Crippen MR) is 51.4 cm³/mol. The summed E-state index contributed by atoms with van der Waals surface area (Å²) in [6.45, 7) is -0.562. The Morgan fingerprint density at radius 3 is 2.47 bits per heavy atom. The number of aliphatic hydroxyl groups is 1. The van der Waals surface area contributed by atoms with Crippen LogP contribution in [0.2, 0.25) is 0 Å². The normalized spacial score (nSPS) is 17.2. The first kappa shape index (κ1) is 13.4. The van der Waals surface area contributed by atoms with Crippen LogP contribution in [0, 0.1) is 0 Å². The van der Waals surface area contributed by atoms with Crippen LogP contribution >= 0.6 is 0 Å². The highest BCUT2D eigenvalue weighted by atomic mass is 16.8. The second-order valence-electron chi connectivity index (χ2n) is 3.27. The molecule has 0 unspecified atom stereocenters. The minimum atomic E-state index is -1.19. The highest BCUT2D eigenvalue weighted by Crippen LogP contribution is 2.12. The number of carbonyl (C=O) groups is 3. The second kappa shape index (κ2) is 6.16. The molecular formula is C9H13NO7. The number of hydrogen-bond acceptors (Lipinski definition) is 7. The first-order chi connectivity index (χ1) is 8.08. The van der Waals surface area contributed by atoms with E-state index < -0.39 is 24.1 Å². The molecule has 0 aromatic carbocycles. The molecule has 1 heterocycles. The van der Waals surface area contributed by atoms with Crippen LogP contribution in [0.3, 0.4) is 0 Å². The third-order valence-electron chi connectivity index (χ3n) is 2.10. The fourth-order valence-corrected chi connectivity index (χ4v) is 1.12. The van der Waals surface area contributed by atoms with E-state index in [0.717, 1.165) is 0 Å². The lowest BCUT2D eigenvalue weighted by atomic mass is 10.4. The molecule has 0 spiro atoms. The average molecular weight is 247 g/mol. The van der Waals surface area contributed by atoms with E-state index in [4.69, 9.17) is 9.84 Å². The fraction of sp³-hybridized carbons (Fsp3) is 0.667. The highest BCUT2D eigenvalue weighted by Gasteiger charge is 2.33. The van der Waals surface area contributed by atoms with Gasteiger partial charge in [0.2, 0.25) is 0 Å². The molecule has 96 valence electrons. The summed E-state index contributed by atoms with van der Waals surface area (Å²) in [5, 5.41) is 9.11. The van der Waals surface area contributed by atoms with Crippen molar-refractivity contribution in [2.75, 3.05) is 20.3 Å². The number of rotatable bonds is 5. The summed E-state index contributed by atoms with van der Waals surface area (Å²) >= 11 is 0. The van der Waals surface area contributed by atoms with Crippen LogP contribution < -0.4 is 0 Å². The minimum Gasteiger partial charge on any atom is -0.430 e. The third-order valence-corrected chi connectivity index (χ3v) is 2.10. The topological polar surface area (TPSA) is 102 Å². The molecule has 0 radical (unpaired) electrons. The Hall–Kier alpha value is -1.67. The Morgan fingerprint density at radius 2 is 2.00 bits per heavy atom. The molecule has 1 aliphatic heterocycles. The number of imide groups is 1. The molecule has 1 atom stereocenters. The molecule has 1 fully saturated rings. The van der Waals surface area contributed by atoms with Crippen molar-refractivity contribution in [3.63, 3.8) is 0 Å². The Kier molecular flexibility index (Phi) is 4.85. The zero-order valence-corrected chi connectivity index (χ0v) is 9.25. The molecule has 8 nitrogen and oxygen atoms in total. The smallest absolute Gasteiger partial charge is 0.430 e. The van der Waals surface area contributed by atoms with E-state index in [1.807, 2.05) is 0 Å². The molecule has 0 aromatic heterocycles. The average Bonchev–Trinajstić information content (AvgIpc) is 2.62. The number of carbonyl (C=O) groups excluding carboxylic acids is 3. The van der Waals surface area contributed by atoms with Crippen LogP contribution in [0.1, 0.15) is 12.8 Å². The number of amides is 2. The van der Waals surface area contributed by atoms with Gasteiger partial charge in [0.15, 0.2) is 0 Å². The summed E-state index contributed by atoms with van der Waals surface area (Å²) in [7, 11) is 1.34. The van der Waals surface area contributed by atoms with E-state index in [0.29, 0.717) is 5.06 Å². The largest absolute Gasteiger partial charge is 0.534 e. The molecule has 0 saturated carbocycles. The Labute approximate surface area is 97.0 Å². The Bertz CT molecular complexity index is 296. The maximum atomic E-state index is 11.1. The second-order valence-corrected chi connectivity index (χ2v) is 3.27. The number of hydrogen-bond donors (Lipinski definition) is 1. The van der Waals surface area contributed by atoms with Crippen LogP contribution in [-0.4, -0.2) is 54.6 Å². The number of nitrogens with zero attached hydrogens (tertiary/aromatic N) is 1. The summed E-state index contributed by atoms with van der Waals surface area (Å²) in [6, 6.07) is 0. The predicted octanol–water partition coefficient (Wildman–Crippen LogP) is -0.789. The lowest BCUT2D eigenvalue weighted by molar-refractivity contribution is -0.178. The van der Waals surface area contributed by atoms with Gasteiger partial charge in [0.1, 0.15) is 12.7 Å². The van der Waals surface area contributed by atoms with Gasteiger partial charge in [-0.25, -0.2) is 4.79 Å². The number of hydroxylamine groups is 2. The number of ether oxygens (including phenoxy) is 2. The van der Waals surface area contributed by atoms with Gasteiger partial charge in [-0.05, 0) is 0 Å². The third kappa shape index (κ3) is 3.68. The van der Waals surface area contributed by atoms with Crippen LogP contribution in [0.15, 0.2) is 0 Å². The summed E-state index contributed by atoms with van der Waals surface area (Å²) in [5.74, 6) is -1.17. The molecule has 0 bridgehead atoms. The Balaban J connectivity index is 2.34. The van der Waals surface area contributed by atoms with E-state index >= 15 is 0 Å². The van der Waals surface area contributed by atoms with E-state index in [1.54, 1.807) is 0 Å². The lowest BCUT2D eigenvalue weighted by Crippen LogP contribution is -2.33. The number of methoxy groups -OCH3 is 1. The summed E-state index contributed by atoms with van der Waals surface area (Å²) in [5.41, 5.74) is 0. The van der Waals surface area contributed by atoms with Crippen molar-refractivity contribution in [2.45, 2.75) is 18.9 Å². The van der Waals surface area contributed by atoms with Crippen LogP contribution in [0.4, 0.5) is 4.79 Å². The minimum absolute atomic E-state index is 0.0173. The molecular weight excluding hydrogens is 234 g/mol. The van der Waals surface area contributed by atoms with Crippen LogP contribution in [-0.2, 0) is 23.9 Å². The van der Waals surface area contributed by atoms with Crippen molar-refractivity contribution in [1.29, 1.82) is 0 Å². The van der Waals surface area contributed by atoms with Gasteiger partial charge < -0.3 is 14.6 Å². The monoisotopic (exact) mass is 247 g/mol. The molecule has 0 aliphatic carbocycles. The molecule has 1 saturated heterocycles. The van der Waals surface area contributed by atoms with E-state index in [-0.39, 0.29) is 26.1 Å². The lowest BCUT2D eigenvalue weighted by Gasteiger charge is -2.15. The standard InChI is InChI=1S/C9H13NO7/c1-15-6(4-11)5-16-9(14)17-10-7(12)2-3-8(10)13/h6,11H,2-5H2,1H3/t6-/m1/s1. The van der Waals surface area contributed by atoms with Crippen LogP contribution in [0.5, 0.6) is 0 Å². The molecule has 2 amide bonds. The van der Waals surface area contributed by atoms with E-state index in [2.05, 4.69) is 9.57 Å².